The predicted octanol–water partition coefficient (Wildman–Crippen LogP) is 4.05. The Morgan fingerprint density at radius 3 is 2.38 bits per heavy atom. The van der Waals surface area contributed by atoms with Gasteiger partial charge >= 0.3 is 0 Å². The average Bonchev–Trinajstić information content (AvgIpc) is 2.46. The van der Waals surface area contributed by atoms with E-state index in [1.807, 2.05) is 37.1 Å². The van der Waals surface area contributed by atoms with E-state index >= 15 is 0 Å². The van der Waals surface area contributed by atoms with E-state index in [0.717, 1.165) is 17.7 Å². The van der Waals surface area contributed by atoms with Crippen LogP contribution in [0.3, 0.4) is 0 Å². The number of hydrogen-bond donors (Lipinski definition) is 1. The van der Waals surface area contributed by atoms with Gasteiger partial charge in [0.1, 0.15) is 5.82 Å². The Morgan fingerprint density at radius 1 is 1.14 bits per heavy atom. The number of aryl methyl sites for hydroxylation is 1. The molecule has 2 aromatic carbocycles. The molecule has 0 spiro atoms. The molecule has 2 aromatic rings. The van der Waals surface area contributed by atoms with Crippen LogP contribution in [0.4, 0.5) is 15.8 Å². The van der Waals surface area contributed by atoms with E-state index in [4.69, 9.17) is 5.73 Å². The Morgan fingerprint density at radius 2 is 1.81 bits per heavy atom. The van der Waals surface area contributed by atoms with Crippen LogP contribution >= 0.6 is 0 Å². The maximum Gasteiger partial charge on any atom is 0.147 e. The van der Waals surface area contributed by atoms with Crippen LogP contribution in [0, 0.1) is 5.82 Å². The Balaban J connectivity index is 2.39. The summed E-state index contributed by atoms with van der Waals surface area (Å²) < 4.78 is 14.3. The van der Waals surface area contributed by atoms with Crippen molar-refractivity contribution in [1.29, 1.82) is 0 Å². The van der Waals surface area contributed by atoms with Crippen molar-refractivity contribution in [2.75, 3.05) is 11.9 Å². The lowest BCUT2D eigenvalue weighted by molar-refractivity contribution is 0.622. The second kappa shape index (κ2) is 6.72. The molecule has 0 amide bonds. The Hall–Kier alpha value is -1.87. The zero-order valence-electron chi connectivity index (χ0n) is 12.9. The second-order valence-corrected chi connectivity index (χ2v) is 5.51. The SMILES string of the molecule is CCc1ccc(N(C)c2c(F)cccc2CC(C)N)cc1. The number of nitrogens with zero attached hydrogens (tertiary/aromatic N) is 1. The maximum atomic E-state index is 14.3. The highest BCUT2D eigenvalue weighted by atomic mass is 19.1. The van der Waals surface area contributed by atoms with Crippen LogP contribution < -0.4 is 10.6 Å². The molecular formula is C18H23FN2. The zero-order valence-corrected chi connectivity index (χ0v) is 12.9. The van der Waals surface area contributed by atoms with Gasteiger partial charge in [-0.05, 0) is 49.1 Å². The molecule has 3 heteroatoms. The molecule has 0 aliphatic heterocycles. The molecule has 112 valence electrons. The average molecular weight is 286 g/mol. The summed E-state index contributed by atoms with van der Waals surface area (Å²) in [5, 5.41) is 0. The normalized spacial score (nSPS) is 12.2. The molecule has 0 aliphatic carbocycles. The molecule has 0 saturated heterocycles. The number of rotatable bonds is 5. The molecule has 0 heterocycles. The summed E-state index contributed by atoms with van der Waals surface area (Å²) in [4.78, 5) is 1.90. The predicted molar refractivity (Wildman–Crippen MR) is 87.6 cm³/mol. The monoisotopic (exact) mass is 286 g/mol. The van der Waals surface area contributed by atoms with Crippen molar-refractivity contribution in [3.05, 3.63) is 59.4 Å². The van der Waals surface area contributed by atoms with Crippen molar-refractivity contribution < 1.29 is 4.39 Å². The molecule has 21 heavy (non-hydrogen) atoms. The number of benzene rings is 2. The summed E-state index contributed by atoms with van der Waals surface area (Å²) in [6.45, 7) is 4.06. The van der Waals surface area contributed by atoms with Gasteiger partial charge in [-0.2, -0.15) is 0 Å². The first-order valence-electron chi connectivity index (χ1n) is 7.38. The number of hydrogen-bond acceptors (Lipinski definition) is 2. The fraction of sp³-hybridized carbons (Fsp3) is 0.333. The minimum atomic E-state index is -0.213. The van der Waals surface area contributed by atoms with Gasteiger partial charge in [0.05, 0.1) is 5.69 Å². The largest absolute Gasteiger partial charge is 0.342 e. The van der Waals surface area contributed by atoms with Gasteiger partial charge in [0.15, 0.2) is 0 Å². The molecule has 0 fully saturated rings. The summed E-state index contributed by atoms with van der Waals surface area (Å²) in [6, 6.07) is 13.4. The lowest BCUT2D eigenvalue weighted by Gasteiger charge is -2.24. The molecule has 0 aliphatic rings. The number of anilines is 2. The molecule has 1 unspecified atom stereocenters. The Labute approximate surface area is 126 Å². The standard InChI is InChI=1S/C18H23FN2/c1-4-14-8-10-16(11-9-14)21(3)18-15(12-13(2)20)6-5-7-17(18)19/h5-11,13H,4,12,20H2,1-3H3. The Bertz CT molecular complexity index is 591. The van der Waals surface area contributed by atoms with E-state index in [1.54, 1.807) is 6.07 Å². The molecule has 2 N–H and O–H groups in total. The van der Waals surface area contributed by atoms with E-state index in [2.05, 4.69) is 19.1 Å². The molecule has 1 atom stereocenters. The van der Waals surface area contributed by atoms with E-state index in [9.17, 15) is 4.39 Å². The highest BCUT2D eigenvalue weighted by Gasteiger charge is 2.15. The lowest BCUT2D eigenvalue weighted by atomic mass is 10.0. The summed E-state index contributed by atoms with van der Waals surface area (Å²) >= 11 is 0. The Kier molecular flexibility index (Phi) is 4.97. The van der Waals surface area contributed by atoms with Crippen LogP contribution in [0.15, 0.2) is 42.5 Å². The third-order valence-electron chi connectivity index (χ3n) is 3.68. The van der Waals surface area contributed by atoms with E-state index in [-0.39, 0.29) is 11.9 Å². The van der Waals surface area contributed by atoms with Gasteiger partial charge < -0.3 is 10.6 Å². The van der Waals surface area contributed by atoms with Gasteiger partial charge in [-0.25, -0.2) is 4.39 Å². The topological polar surface area (TPSA) is 29.3 Å². The molecule has 0 radical (unpaired) electrons. The molecule has 0 bridgehead atoms. The summed E-state index contributed by atoms with van der Waals surface area (Å²) in [5.74, 6) is -0.213. The molecule has 0 saturated carbocycles. The summed E-state index contributed by atoms with van der Waals surface area (Å²) in [6.07, 6.45) is 1.66. The van der Waals surface area contributed by atoms with Crippen molar-refractivity contribution in [3.63, 3.8) is 0 Å². The summed E-state index contributed by atoms with van der Waals surface area (Å²) in [7, 11) is 1.89. The van der Waals surface area contributed by atoms with Gasteiger partial charge in [0.2, 0.25) is 0 Å². The van der Waals surface area contributed by atoms with Crippen molar-refractivity contribution in [3.8, 4) is 0 Å². The van der Waals surface area contributed by atoms with E-state index in [0.29, 0.717) is 12.1 Å². The van der Waals surface area contributed by atoms with E-state index < -0.39 is 0 Å². The first kappa shape index (κ1) is 15.5. The molecule has 2 rings (SSSR count). The highest BCUT2D eigenvalue weighted by Crippen LogP contribution is 2.30. The van der Waals surface area contributed by atoms with Crippen LogP contribution in [-0.4, -0.2) is 13.1 Å². The fourth-order valence-corrected chi connectivity index (χ4v) is 2.53. The smallest absolute Gasteiger partial charge is 0.147 e. The van der Waals surface area contributed by atoms with Crippen molar-refractivity contribution in [1.82, 2.24) is 0 Å². The quantitative estimate of drug-likeness (QED) is 0.898. The number of nitrogens with two attached hydrogens (primary N) is 1. The van der Waals surface area contributed by atoms with Crippen LogP contribution in [0.1, 0.15) is 25.0 Å². The first-order valence-corrected chi connectivity index (χ1v) is 7.38. The molecule has 0 aromatic heterocycles. The van der Waals surface area contributed by atoms with Crippen molar-refractivity contribution >= 4 is 11.4 Å². The summed E-state index contributed by atoms with van der Waals surface area (Å²) in [5.41, 5.74) is 9.68. The van der Waals surface area contributed by atoms with Crippen LogP contribution in [-0.2, 0) is 12.8 Å². The number of halogens is 1. The van der Waals surface area contributed by atoms with Gasteiger partial charge in [0.25, 0.3) is 0 Å². The lowest BCUT2D eigenvalue weighted by Crippen LogP contribution is -2.21. The van der Waals surface area contributed by atoms with Gasteiger partial charge in [-0.1, -0.05) is 31.2 Å². The van der Waals surface area contributed by atoms with Crippen LogP contribution in [0.25, 0.3) is 0 Å². The highest BCUT2D eigenvalue weighted by molar-refractivity contribution is 5.66. The van der Waals surface area contributed by atoms with Gasteiger partial charge in [0, 0.05) is 18.8 Å². The minimum absolute atomic E-state index is 0.00131. The van der Waals surface area contributed by atoms with Crippen LogP contribution in [0.5, 0.6) is 0 Å². The second-order valence-electron chi connectivity index (χ2n) is 5.51. The number of para-hydroxylation sites is 1. The zero-order chi connectivity index (χ0) is 15.4. The van der Waals surface area contributed by atoms with Crippen molar-refractivity contribution in [2.24, 2.45) is 5.73 Å². The van der Waals surface area contributed by atoms with E-state index in [1.165, 1.54) is 11.6 Å². The minimum Gasteiger partial charge on any atom is -0.342 e. The van der Waals surface area contributed by atoms with Crippen LogP contribution in [0.2, 0.25) is 0 Å². The third-order valence-corrected chi connectivity index (χ3v) is 3.68. The van der Waals surface area contributed by atoms with Gasteiger partial charge in [-0.15, -0.1) is 0 Å². The maximum absolute atomic E-state index is 14.3. The van der Waals surface area contributed by atoms with Crippen molar-refractivity contribution in [2.45, 2.75) is 32.7 Å². The van der Waals surface area contributed by atoms with Gasteiger partial charge in [-0.3, -0.25) is 0 Å². The first-order chi connectivity index (χ1) is 10.0. The molecule has 2 nitrogen and oxygen atoms in total. The third kappa shape index (κ3) is 3.61. The molecular weight excluding hydrogens is 263 g/mol. The fourth-order valence-electron chi connectivity index (χ4n) is 2.53.